The number of phenols is 1. The third-order valence-corrected chi connectivity index (χ3v) is 4.91. The number of carbonyl (C=O) groups is 1. The predicted molar refractivity (Wildman–Crippen MR) is 102 cm³/mol. The molecule has 0 radical (unpaired) electrons. The Morgan fingerprint density at radius 3 is 2.78 bits per heavy atom. The third kappa shape index (κ3) is 4.28. The van der Waals surface area contributed by atoms with Crippen LogP contribution in [0.15, 0.2) is 21.5 Å². The molecular weight excluding hydrogens is 398 g/mol. The molecule has 1 aliphatic heterocycles. The lowest BCUT2D eigenvalue weighted by atomic mass is 10.1. The lowest BCUT2D eigenvalue weighted by Crippen LogP contribution is -2.31. The maximum Gasteiger partial charge on any atom is 0.266 e. The Morgan fingerprint density at radius 1 is 1.48 bits per heavy atom. The van der Waals surface area contributed by atoms with Gasteiger partial charge in [0.1, 0.15) is 4.32 Å². The summed E-state index contributed by atoms with van der Waals surface area (Å²) in [6.45, 7) is 6.96. The van der Waals surface area contributed by atoms with E-state index in [4.69, 9.17) is 17.0 Å². The molecule has 1 fully saturated rings. The number of aromatic hydroxyl groups is 1. The highest BCUT2D eigenvalue weighted by Gasteiger charge is 2.32. The SMILES string of the molecule is CCOc1cc(Br)cc(/C=C2\SC(=S)N(CC(C)C)C2=O)c1O. The summed E-state index contributed by atoms with van der Waals surface area (Å²) < 4.78 is 6.72. The van der Waals surface area contributed by atoms with Gasteiger partial charge in [0.15, 0.2) is 11.5 Å². The molecule has 0 aliphatic carbocycles. The Kier molecular flexibility index (Phi) is 6.11. The van der Waals surface area contributed by atoms with Crippen molar-refractivity contribution in [3.63, 3.8) is 0 Å². The Bertz CT molecular complexity index is 674. The number of phenolic OH excluding ortho intramolecular Hbond substituents is 1. The molecule has 1 saturated heterocycles. The van der Waals surface area contributed by atoms with E-state index >= 15 is 0 Å². The second kappa shape index (κ2) is 7.68. The Morgan fingerprint density at radius 2 is 2.17 bits per heavy atom. The van der Waals surface area contributed by atoms with Gasteiger partial charge < -0.3 is 9.84 Å². The van der Waals surface area contributed by atoms with Crippen LogP contribution in [0.25, 0.3) is 6.08 Å². The van der Waals surface area contributed by atoms with E-state index in [1.807, 2.05) is 20.8 Å². The largest absolute Gasteiger partial charge is 0.504 e. The first-order valence-electron chi connectivity index (χ1n) is 7.24. The normalized spacial score (nSPS) is 16.7. The average Bonchev–Trinajstić information content (AvgIpc) is 2.71. The highest BCUT2D eigenvalue weighted by molar-refractivity contribution is 9.10. The zero-order chi connectivity index (χ0) is 17.1. The molecule has 124 valence electrons. The summed E-state index contributed by atoms with van der Waals surface area (Å²) in [6, 6.07) is 3.44. The quantitative estimate of drug-likeness (QED) is 0.569. The van der Waals surface area contributed by atoms with Gasteiger partial charge in [-0.15, -0.1) is 0 Å². The number of halogens is 1. The van der Waals surface area contributed by atoms with Gasteiger partial charge >= 0.3 is 0 Å². The van der Waals surface area contributed by atoms with E-state index in [1.54, 1.807) is 23.1 Å². The first-order valence-corrected chi connectivity index (χ1v) is 9.26. The number of thioether (sulfide) groups is 1. The number of amides is 1. The van der Waals surface area contributed by atoms with Crippen LogP contribution in [-0.4, -0.2) is 33.4 Å². The van der Waals surface area contributed by atoms with Gasteiger partial charge in [0.2, 0.25) is 0 Å². The van der Waals surface area contributed by atoms with E-state index in [2.05, 4.69) is 15.9 Å². The molecule has 0 bridgehead atoms. The fraction of sp³-hybridized carbons (Fsp3) is 0.375. The van der Waals surface area contributed by atoms with E-state index in [1.165, 1.54) is 11.8 Å². The van der Waals surface area contributed by atoms with Crippen LogP contribution in [0.3, 0.4) is 0 Å². The van der Waals surface area contributed by atoms with Crippen molar-refractivity contribution in [2.45, 2.75) is 20.8 Å². The summed E-state index contributed by atoms with van der Waals surface area (Å²) in [7, 11) is 0. The van der Waals surface area contributed by atoms with E-state index in [0.717, 1.165) is 4.47 Å². The fourth-order valence-electron chi connectivity index (χ4n) is 2.13. The van der Waals surface area contributed by atoms with Gasteiger partial charge in [-0.2, -0.15) is 0 Å². The van der Waals surface area contributed by atoms with Gasteiger partial charge in [-0.25, -0.2) is 0 Å². The van der Waals surface area contributed by atoms with Crippen molar-refractivity contribution in [3.05, 3.63) is 27.1 Å². The van der Waals surface area contributed by atoms with Crippen molar-refractivity contribution in [1.29, 1.82) is 0 Å². The van der Waals surface area contributed by atoms with E-state index < -0.39 is 0 Å². The van der Waals surface area contributed by atoms with E-state index in [9.17, 15) is 9.90 Å². The number of hydrogen-bond donors (Lipinski definition) is 1. The van der Waals surface area contributed by atoms with Crippen LogP contribution in [0.2, 0.25) is 0 Å². The molecule has 0 atom stereocenters. The highest BCUT2D eigenvalue weighted by atomic mass is 79.9. The molecule has 0 aromatic heterocycles. The number of benzene rings is 1. The molecule has 1 N–H and O–H groups in total. The van der Waals surface area contributed by atoms with Crippen molar-refractivity contribution >= 4 is 56.2 Å². The van der Waals surface area contributed by atoms with E-state index in [0.29, 0.717) is 39.6 Å². The van der Waals surface area contributed by atoms with Crippen molar-refractivity contribution < 1.29 is 14.6 Å². The second-order valence-corrected chi connectivity index (χ2v) is 8.05. The van der Waals surface area contributed by atoms with Gasteiger partial charge in [0, 0.05) is 16.6 Å². The number of ether oxygens (including phenoxy) is 1. The summed E-state index contributed by atoms with van der Waals surface area (Å²) in [5, 5.41) is 10.3. The molecular formula is C16H18BrNO3S2. The van der Waals surface area contributed by atoms with Crippen LogP contribution in [0.4, 0.5) is 0 Å². The standard InChI is InChI=1S/C16H18BrNO3S2/c1-4-21-12-7-11(17)5-10(14(12)19)6-13-15(20)18(8-9(2)3)16(22)23-13/h5-7,9,19H,4,8H2,1-3H3/b13-6-. The second-order valence-electron chi connectivity index (χ2n) is 5.46. The van der Waals surface area contributed by atoms with Gasteiger partial charge in [-0.1, -0.05) is 53.8 Å². The van der Waals surface area contributed by atoms with Gasteiger partial charge in [0.25, 0.3) is 5.91 Å². The van der Waals surface area contributed by atoms with Crippen LogP contribution >= 0.6 is 39.9 Å². The minimum Gasteiger partial charge on any atom is -0.504 e. The van der Waals surface area contributed by atoms with Crippen LogP contribution in [0.5, 0.6) is 11.5 Å². The predicted octanol–water partition coefficient (Wildman–Crippen LogP) is 4.41. The summed E-state index contributed by atoms with van der Waals surface area (Å²) >= 11 is 9.93. The summed E-state index contributed by atoms with van der Waals surface area (Å²) in [4.78, 5) is 14.6. The number of nitrogens with zero attached hydrogens (tertiary/aromatic N) is 1. The topological polar surface area (TPSA) is 49.8 Å². The van der Waals surface area contributed by atoms with Crippen molar-refractivity contribution in [1.82, 2.24) is 4.90 Å². The molecule has 1 amide bonds. The number of thiocarbonyl (C=S) groups is 1. The molecule has 1 heterocycles. The molecule has 1 aliphatic rings. The van der Waals surface area contributed by atoms with Crippen molar-refractivity contribution in [2.75, 3.05) is 13.2 Å². The molecule has 0 saturated carbocycles. The molecule has 7 heteroatoms. The lowest BCUT2D eigenvalue weighted by Gasteiger charge is -2.16. The van der Waals surface area contributed by atoms with Crippen molar-refractivity contribution in [2.24, 2.45) is 5.92 Å². The number of carbonyl (C=O) groups excluding carboxylic acids is 1. The van der Waals surface area contributed by atoms with Crippen LogP contribution in [0, 0.1) is 5.92 Å². The molecule has 0 unspecified atom stereocenters. The third-order valence-electron chi connectivity index (χ3n) is 3.08. The maximum atomic E-state index is 12.5. The Hall–Kier alpha value is -1.05. The van der Waals surface area contributed by atoms with Crippen LogP contribution < -0.4 is 4.74 Å². The average molecular weight is 416 g/mol. The van der Waals surface area contributed by atoms with Gasteiger partial charge in [-0.3, -0.25) is 9.69 Å². The zero-order valence-electron chi connectivity index (χ0n) is 13.1. The minimum atomic E-state index is -0.119. The van der Waals surface area contributed by atoms with E-state index in [-0.39, 0.29) is 11.7 Å². The first-order chi connectivity index (χ1) is 10.8. The van der Waals surface area contributed by atoms with Crippen LogP contribution in [0.1, 0.15) is 26.3 Å². The van der Waals surface area contributed by atoms with Crippen LogP contribution in [-0.2, 0) is 4.79 Å². The Balaban J connectivity index is 2.36. The zero-order valence-corrected chi connectivity index (χ0v) is 16.3. The molecule has 0 spiro atoms. The van der Waals surface area contributed by atoms with Gasteiger partial charge in [-0.05, 0) is 31.1 Å². The first kappa shape index (κ1) is 18.3. The smallest absolute Gasteiger partial charge is 0.266 e. The van der Waals surface area contributed by atoms with Crippen molar-refractivity contribution in [3.8, 4) is 11.5 Å². The summed E-state index contributed by atoms with van der Waals surface area (Å²) in [5.41, 5.74) is 0.521. The Labute approximate surface area is 154 Å². The minimum absolute atomic E-state index is 0.0178. The fourth-order valence-corrected chi connectivity index (χ4v) is 3.85. The molecule has 23 heavy (non-hydrogen) atoms. The molecule has 4 nitrogen and oxygen atoms in total. The van der Waals surface area contributed by atoms with Gasteiger partial charge in [0.05, 0.1) is 11.5 Å². The number of hydrogen-bond acceptors (Lipinski definition) is 5. The molecule has 1 aromatic carbocycles. The lowest BCUT2D eigenvalue weighted by molar-refractivity contribution is -0.122. The summed E-state index contributed by atoms with van der Waals surface area (Å²) in [6.07, 6.45) is 1.66. The molecule has 1 aromatic rings. The monoisotopic (exact) mass is 415 g/mol. The highest BCUT2D eigenvalue weighted by Crippen LogP contribution is 2.39. The molecule has 2 rings (SSSR count). The summed E-state index contributed by atoms with van der Waals surface area (Å²) in [5.74, 6) is 0.613. The number of rotatable bonds is 5. The maximum absolute atomic E-state index is 12.5.